The van der Waals surface area contributed by atoms with E-state index in [0.717, 1.165) is 43.7 Å². The third kappa shape index (κ3) is 2.33. The summed E-state index contributed by atoms with van der Waals surface area (Å²) < 4.78 is 0. The summed E-state index contributed by atoms with van der Waals surface area (Å²) in [5.74, 6) is 1.62. The molecule has 1 aliphatic rings. The van der Waals surface area contributed by atoms with Crippen molar-refractivity contribution in [3.05, 3.63) is 47.3 Å². The standard InChI is InChI=1S/C16H20N4/c1-2-14-15(17)18-11-19-16(14)20-9-7-12-5-3-4-6-13(12)8-10-20/h3-6,11H,2,7-10H2,1H3,(H2,17,18,19). The van der Waals surface area contributed by atoms with Gasteiger partial charge in [-0.05, 0) is 30.4 Å². The first-order valence-corrected chi connectivity index (χ1v) is 7.20. The second kappa shape index (κ2) is 5.49. The van der Waals surface area contributed by atoms with Crippen molar-refractivity contribution in [3.8, 4) is 0 Å². The predicted octanol–water partition coefficient (Wildman–Crippen LogP) is 2.23. The molecule has 1 aromatic carbocycles. The molecule has 0 saturated carbocycles. The molecule has 104 valence electrons. The van der Waals surface area contributed by atoms with Gasteiger partial charge < -0.3 is 10.6 Å². The number of rotatable bonds is 2. The van der Waals surface area contributed by atoms with E-state index in [2.05, 4.69) is 46.1 Å². The lowest BCUT2D eigenvalue weighted by molar-refractivity contribution is 0.779. The predicted molar refractivity (Wildman–Crippen MR) is 81.9 cm³/mol. The zero-order valence-corrected chi connectivity index (χ0v) is 11.8. The Balaban J connectivity index is 1.89. The van der Waals surface area contributed by atoms with E-state index in [1.165, 1.54) is 11.1 Å². The number of fused-ring (bicyclic) bond motifs is 1. The molecule has 0 saturated heterocycles. The number of aromatic nitrogens is 2. The molecule has 0 bridgehead atoms. The van der Waals surface area contributed by atoms with Crippen molar-refractivity contribution in [1.29, 1.82) is 0 Å². The highest BCUT2D eigenvalue weighted by Crippen LogP contribution is 2.25. The lowest BCUT2D eigenvalue weighted by Gasteiger charge is -2.24. The second-order valence-electron chi connectivity index (χ2n) is 5.17. The SMILES string of the molecule is CCc1c(N)ncnc1N1CCc2ccccc2CC1. The monoisotopic (exact) mass is 268 g/mol. The lowest BCUT2D eigenvalue weighted by atomic mass is 10.0. The van der Waals surface area contributed by atoms with Crippen LogP contribution in [0.1, 0.15) is 23.6 Å². The summed E-state index contributed by atoms with van der Waals surface area (Å²) in [6.45, 7) is 4.08. The van der Waals surface area contributed by atoms with Gasteiger partial charge in [-0.3, -0.25) is 0 Å². The molecular weight excluding hydrogens is 248 g/mol. The van der Waals surface area contributed by atoms with Crippen LogP contribution in [-0.2, 0) is 19.3 Å². The van der Waals surface area contributed by atoms with Crippen LogP contribution in [0, 0.1) is 0 Å². The van der Waals surface area contributed by atoms with Crippen LogP contribution in [0.3, 0.4) is 0 Å². The molecule has 20 heavy (non-hydrogen) atoms. The van der Waals surface area contributed by atoms with Crippen LogP contribution in [0.4, 0.5) is 11.6 Å². The first-order chi connectivity index (χ1) is 9.79. The summed E-state index contributed by atoms with van der Waals surface area (Å²) in [4.78, 5) is 10.9. The molecule has 1 aromatic heterocycles. The Kier molecular flexibility index (Phi) is 3.54. The number of hydrogen-bond acceptors (Lipinski definition) is 4. The molecule has 2 N–H and O–H groups in total. The molecule has 0 spiro atoms. The Labute approximate surface area is 119 Å². The number of nitrogen functional groups attached to an aromatic ring is 1. The van der Waals surface area contributed by atoms with Gasteiger partial charge in [-0.15, -0.1) is 0 Å². The van der Waals surface area contributed by atoms with Gasteiger partial charge in [0.05, 0.1) is 0 Å². The minimum Gasteiger partial charge on any atom is -0.383 e. The van der Waals surface area contributed by atoms with Crippen LogP contribution in [0.5, 0.6) is 0 Å². The lowest BCUT2D eigenvalue weighted by Crippen LogP contribution is -2.28. The molecule has 0 unspecified atom stereocenters. The van der Waals surface area contributed by atoms with Crippen molar-refractivity contribution in [2.24, 2.45) is 0 Å². The van der Waals surface area contributed by atoms with Crippen LogP contribution < -0.4 is 10.6 Å². The quantitative estimate of drug-likeness (QED) is 0.907. The summed E-state index contributed by atoms with van der Waals surface area (Å²) in [7, 11) is 0. The van der Waals surface area contributed by atoms with Crippen molar-refractivity contribution >= 4 is 11.6 Å². The highest BCUT2D eigenvalue weighted by atomic mass is 15.2. The zero-order valence-electron chi connectivity index (χ0n) is 11.8. The van der Waals surface area contributed by atoms with Gasteiger partial charge in [-0.25, -0.2) is 9.97 Å². The Bertz CT molecular complexity index is 582. The molecule has 1 aliphatic heterocycles. The van der Waals surface area contributed by atoms with E-state index in [4.69, 9.17) is 5.73 Å². The van der Waals surface area contributed by atoms with E-state index in [9.17, 15) is 0 Å². The highest BCUT2D eigenvalue weighted by molar-refractivity contribution is 5.57. The number of nitrogens with zero attached hydrogens (tertiary/aromatic N) is 3. The van der Waals surface area contributed by atoms with Gasteiger partial charge in [0.2, 0.25) is 0 Å². The first-order valence-electron chi connectivity index (χ1n) is 7.20. The highest BCUT2D eigenvalue weighted by Gasteiger charge is 2.18. The average molecular weight is 268 g/mol. The largest absolute Gasteiger partial charge is 0.383 e. The van der Waals surface area contributed by atoms with Crippen LogP contribution in [0.2, 0.25) is 0 Å². The number of anilines is 2. The molecule has 4 heteroatoms. The molecule has 3 rings (SSSR count). The third-order valence-corrected chi connectivity index (χ3v) is 4.03. The Hall–Kier alpha value is -2.10. The van der Waals surface area contributed by atoms with Crippen molar-refractivity contribution in [1.82, 2.24) is 9.97 Å². The molecule has 0 radical (unpaired) electrons. The molecule has 2 aromatic rings. The fourth-order valence-corrected chi connectivity index (χ4v) is 2.91. The number of hydrogen-bond donors (Lipinski definition) is 1. The fraction of sp³-hybridized carbons (Fsp3) is 0.375. The zero-order chi connectivity index (χ0) is 13.9. The van der Waals surface area contributed by atoms with E-state index in [-0.39, 0.29) is 0 Å². The van der Waals surface area contributed by atoms with E-state index >= 15 is 0 Å². The number of nitrogens with two attached hydrogens (primary N) is 1. The maximum absolute atomic E-state index is 5.98. The normalized spacial score (nSPS) is 14.8. The van der Waals surface area contributed by atoms with Gasteiger partial charge in [0.15, 0.2) is 0 Å². The van der Waals surface area contributed by atoms with E-state index < -0.39 is 0 Å². The summed E-state index contributed by atoms with van der Waals surface area (Å²) in [6, 6.07) is 8.70. The molecular formula is C16H20N4. The van der Waals surface area contributed by atoms with E-state index in [1.54, 1.807) is 6.33 Å². The molecule has 2 heterocycles. The van der Waals surface area contributed by atoms with Gasteiger partial charge in [-0.1, -0.05) is 31.2 Å². The molecule has 4 nitrogen and oxygen atoms in total. The Morgan fingerprint density at radius 3 is 2.35 bits per heavy atom. The third-order valence-electron chi connectivity index (χ3n) is 4.03. The Morgan fingerprint density at radius 2 is 1.75 bits per heavy atom. The molecule has 0 aliphatic carbocycles. The van der Waals surface area contributed by atoms with Crippen LogP contribution in [-0.4, -0.2) is 23.1 Å². The second-order valence-corrected chi connectivity index (χ2v) is 5.17. The summed E-state index contributed by atoms with van der Waals surface area (Å²) >= 11 is 0. The van der Waals surface area contributed by atoms with Crippen LogP contribution in [0.15, 0.2) is 30.6 Å². The van der Waals surface area contributed by atoms with Gasteiger partial charge in [0.25, 0.3) is 0 Å². The molecule has 0 fully saturated rings. The van der Waals surface area contributed by atoms with E-state index in [0.29, 0.717) is 5.82 Å². The van der Waals surface area contributed by atoms with Crippen molar-refractivity contribution in [2.45, 2.75) is 26.2 Å². The first kappa shape index (κ1) is 12.9. The minimum absolute atomic E-state index is 0.610. The Morgan fingerprint density at radius 1 is 1.10 bits per heavy atom. The summed E-state index contributed by atoms with van der Waals surface area (Å²) in [5, 5.41) is 0. The van der Waals surface area contributed by atoms with Crippen LogP contribution in [0.25, 0.3) is 0 Å². The summed E-state index contributed by atoms with van der Waals surface area (Å²) in [5.41, 5.74) is 9.96. The van der Waals surface area contributed by atoms with Gasteiger partial charge in [0, 0.05) is 18.7 Å². The fourth-order valence-electron chi connectivity index (χ4n) is 2.91. The van der Waals surface area contributed by atoms with E-state index in [1.807, 2.05) is 0 Å². The van der Waals surface area contributed by atoms with Crippen LogP contribution >= 0.6 is 0 Å². The average Bonchev–Trinajstić information content (AvgIpc) is 2.69. The van der Waals surface area contributed by atoms with Gasteiger partial charge in [-0.2, -0.15) is 0 Å². The smallest absolute Gasteiger partial charge is 0.137 e. The maximum atomic E-state index is 5.98. The molecule has 0 amide bonds. The number of benzene rings is 1. The van der Waals surface area contributed by atoms with Gasteiger partial charge >= 0.3 is 0 Å². The van der Waals surface area contributed by atoms with Crippen molar-refractivity contribution in [2.75, 3.05) is 23.7 Å². The molecule has 0 atom stereocenters. The topological polar surface area (TPSA) is 55.0 Å². The van der Waals surface area contributed by atoms with Crippen molar-refractivity contribution < 1.29 is 0 Å². The summed E-state index contributed by atoms with van der Waals surface area (Å²) in [6.07, 6.45) is 4.56. The minimum atomic E-state index is 0.610. The maximum Gasteiger partial charge on any atom is 0.137 e. The van der Waals surface area contributed by atoms with Crippen molar-refractivity contribution in [3.63, 3.8) is 0 Å². The van der Waals surface area contributed by atoms with Gasteiger partial charge in [0.1, 0.15) is 18.0 Å².